The summed E-state index contributed by atoms with van der Waals surface area (Å²) in [6, 6.07) is 6.71. The largest absolute Gasteiger partial charge is 0.433 e. The first-order valence-electron chi connectivity index (χ1n) is 5.59. The number of alkyl halides is 3. The third-order valence-corrected chi connectivity index (χ3v) is 3.46. The van der Waals surface area contributed by atoms with E-state index in [1.807, 2.05) is 0 Å². The van der Waals surface area contributed by atoms with Crippen LogP contribution in [0.1, 0.15) is 16.1 Å². The highest BCUT2D eigenvalue weighted by molar-refractivity contribution is 7.99. The summed E-state index contributed by atoms with van der Waals surface area (Å²) in [6.07, 6.45) is -4.63. The summed E-state index contributed by atoms with van der Waals surface area (Å²) in [5, 5.41) is -0.177. The van der Waals surface area contributed by atoms with Crippen LogP contribution in [-0.4, -0.2) is 10.9 Å². The molecule has 0 saturated carbocycles. The van der Waals surface area contributed by atoms with Crippen LogP contribution in [-0.2, 0) is 6.18 Å². The summed E-state index contributed by atoms with van der Waals surface area (Å²) in [5.41, 5.74) is 3.86. The minimum absolute atomic E-state index is 0.127. The van der Waals surface area contributed by atoms with E-state index in [1.54, 1.807) is 0 Å². The number of nitrogens with zero attached hydrogens (tertiary/aromatic N) is 1. The lowest BCUT2D eigenvalue weighted by atomic mass is 10.2. The maximum Gasteiger partial charge on any atom is 0.433 e. The van der Waals surface area contributed by atoms with Gasteiger partial charge in [0.15, 0.2) is 0 Å². The van der Waals surface area contributed by atoms with Gasteiger partial charge in [-0.1, -0.05) is 11.8 Å². The molecule has 1 heterocycles. The third kappa shape index (κ3) is 3.72. The first-order valence-corrected chi connectivity index (χ1v) is 6.40. The molecule has 8 heteroatoms. The lowest BCUT2D eigenvalue weighted by Crippen LogP contribution is -2.16. The van der Waals surface area contributed by atoms with Gasteiger partial charge < -0.3 is 5.73 Å². The van der Waals surface area contributed by atoms with Crippen LogP contribution in [0.4, 0.5) is 17.6 Å². The van der Waals surface area contributed by atoms with Gasteiger partial charge in [-0.25, -0.2) is 9.37 Å². The van der Waals surface area contributed by atoms with Crippen LogP contribution in [0.5, 0.6) is 0 Å². The Morgan fingerprint density at radius 1 is 1.10 bits per heavy atom. The van der Waals surface area contributed by atoms with Gasteiger partial charge in [-0.15, -0.1) is 0 Å². The van der Waals surface area contributed by atoms with Crippen molar-refractivity contribution >= 4 is 17.7 Å². The first-order chi connectivity index (χ1) is 9.77. The molecule has 2 N–H and O–H groups in total. The molecule has 2 aromatic rings. The van der Waals surface area contributed by atoms with Gasteiger partial charge in [0.2, 0.25) is 0 Å². The number of hydrogen-bond acceptors (Lipinski definition) is 3. The summed E-state index contributed by atoms with van der Waals surface area (Å²) >= 11 is 0.803. The normalized spacial score (nSPS) is 11.4. The number of carbonyl (C=O) groups is 1. The van der Waals surface area contributed by atoms with Crippen LogP contribution >= 0.6 is 11.8 Å². The number of pyridine rings is 1. The first kappa shape index (κ1) is 15.3. The Kier molecular flexibility index (Phi) is 4.17. The highest BCUT2D eigenvalue weighted by Gasteiger charge is 2.33. The van der Waals surface area contributed by atoms with E-state index in [9.17, 15) is 22.4 Å². The zero-order valence-electron chi connectivity index (χ0n) is 10.3. The zero-order valence-corrected chi connectivity index (χ0v) is 11.1. The van der Waals surface area contributed by atoms with Crippen molar-refractivity contribution < 1.29 is 22.4 Å². The van der Waals surface area contributed by atoms with Crippen molar-refractivity contribution in [1.29, 1.82) is 0 Å². The fourth-order valence-electron chi connectivity index (χ4n) is 1.48. The van der Waals surface area contributed by atoms with E-state index in [4.69, 9.17) is 5.73 Å². The van der Waals surface area contributed by atoms with Crippen LogP contribution in [0.25, 0.3) is 0 Å². The summed E-state index contributed by atoms with van der Waals surface area (Å²) < 4.78 is 50.8. The minimum Gasteiger partial charge on any atom is -0.366 e. The molecular formula is C13H8F4N2OS. The quantitative estimate of drug-likeness (QED) is 0.882. The fraction of sp³-hybridized carbons (Fsp3) is 0.0769. The van der Waals surface area contributed by atoms with Crippen molar-refractivity contribution in [2.24, 2.45) is 5.73 Å². The maximum atomic E-state index is 12.8. The number of primary amides is 1. The Balaban J connectivity index is 2.43. The Morgan fingerprint density at radius 2 is 1.71 bits per heavy atom. The van der Waals surface area contributed by atoms with E-state index < -0.39 is 23.6 Å². The SMILES string of the molecule is NC(=O)c1ccc(C(F)(F)F)nc1Sc1ccc(F)cc1. The molecule has 0 fully saturated rings. The second-order valence-corrected chi connectivity index (χ2v) is 5.03. The molecule has 0 aliphatic carbocycles. The topological polar surface area (TPSA) is 56.0 Å². The van der Waals surface area contributed by atoms with E-state index >= 15 is 0 Å². The smallest absolute Gasteiger partial charge is 0.366 e. The van der Waals surface area contributed by atoms with Crippen molar-refractivity contribution in [3.8, 4) is 0 Å². The fourth-order valence-corrected chi connectivity index (χ4v) is 2.40. The van der Waals surface area contributed by atoms with Crippen molar-refractivity contribution in [1.82, 2.24) is 4.98 Å². The van der Waals surface area contributed by atoms with E-state index in [2.05, 4.69) is 4.98 Å². The monoisotopic (exact) mass is 316 g/mol. The molecule has 0 unspecified atom stereocenters. The van der Waals surface area contributed by atoms with Crippen molar-refractivity contribution in [2.75, 3.05) is 0 Å². The molecule has 110 valence electrons. The van der Waals surface area contributed by atoms with Gasteiger partial charge in [-0.2, -0.15) is 13.2 Å². The van der Waals surface area contributed by atoms with E-state index in [1.165, 1.54) is 12.1 Å². The van der Waals surface area contributed by atoms with Crippen molar-refractivity contribution in [3.05, 3.63) is 53.5 Å². The lowest BCUT2D eigenvalue weighted by Gasteiger charge is -2.10. The molecule has 0 saturated heterocycles. The van der Waals surface area contributed by atoms with Crippen molar-refractivity contribution in [2.45, 2.75) is 16.1 Å². The number of carbonyl (C=O) groups excluding carboxylic acids is 1. The van der Waals surface area contributed by atoms with Crippen LogP contribution in [0.2, 0.25) is 0 Å². The van der Waals surface area contributed by atoms with Gasteiger partial charge in [0.05, 0.1) is 5.56 Å². The Bertz CT molecular complexity index is 671. The molecule has 0 bridgehead atoms. The van der Waals surface area contributed by atoms with Gasteiger partial charge >= 0.3 is 6.18 Å². The van der Waals surface area contributed by atoms with Crippen LogP contribution in [0, 0.1) is 5.82 Å². The Hall–Kier alpha value is -2.09. The van der Waals surface area contributed by atoms with Gasteiger partial charge in [-0.3, -0.25) is 4.79 Å². The molecule has 21 heavy (non-hydrogen) atoms. The molecule has 0 aliphatic rings. The van der Waals surface area contributed by atoms with Gasteiger partial charge in [0, 0.05) is 4.90 Å². The third-order valence-electron chi connectivity index (χ3n) is 2.44. The number of nitrogens with two attached hydrogens (primary N) is 1. The Labute approximate surface area is 121 Å². The van der Waals surface area contributed by atoms with Crippen molar-refractivity contribution in [3.63, 3.8) is 0 Å². The summed E-state index contributed by atoms with van der Waals surface area (Å²) in [6.45, 7) is 0. The maximum absolute atomic E-state index is 12.8. The summed E-state index contributed by atoms with van der Waals surface area (Å²) in [7, 11) is 0. The molecule has 0 radical (unpaired) electrons. The van der Waals surface area contributed by atoms with Gasteiger partial charge in [0.25, 0.3) is 5.91 Å². The molecule has 0 atom stereocenters. The predicted molar refractivity (Wildman–Crippen MR) is 68.3 cm³/mol. The van der Waals surface area contributed by atoms with E-state index in [-0.39, 0.29) is 10.6 Å². The molecular weight excluding hydrogens is 308 g/mol. The molecule has 1 aromatic carbocycles. The van der Waals surface area contributed by atoms with E-state index in [0.717, 1.165) is 30.0 Å². The standard InChI is InChI=1S/C13H8F4N2OS/c14-7-1-3-8(4-2-7)21-12-9(11(18)20)5-6-10(19-12)13(15,16)17/h1-6H,(H2,18,20). The highest BCUT2D eigenvalue weighted by Crippen LogP contribution is 2.33. The van der Waals surface area contributed by atoms with Crippen LogP contribution in [0.3, 0.4) is 0 Å². The molecule has 1 aromatic heterocycles. The second-order valence-electron chi connectivity index (χ2n) is 3.97. The number of halogens is 4. The Morgan fingerprint density at radius 3 is 2.24 bits per heavy atom. The van der Waals surface area contributed by atoms with Gasteiger partial charge in [0.1, 0.15) is 16.5 Å². The number of rotatable bonds is 3. The number of aromatic nitrogens is 1. The van der Waals surface area contributed by atoms with E-state index in [0.29, 0.717) is 11.0 Å². The summed E-state index contributed by atoms with van der Waals surface area (Å²) in [4.78, 5) is 15.1. The van der Waals surface area contributed by atoms with Crippen LogP contribution < -0.4 is 5.73 Å². The van der Waals surface area contributed by atoms with Crippen LogP contribution in [0.15, 0.2) is 46.3 Å². The molecule has 1 amide bonds. The van der Waals surface area contributed by atoms with Gasteiger partial charge in [-0.05, 0) is 36.4 Å². The number of amides is 1. The predicted octanol–water partition coefficient (Wildman–Crippen LogP) is 3.49. The lowest BCUT2D eigenvalue weighted by molar-refractivity contribution is -0.141. The average molecular weight is 316 g/mol. The molecule has 0 aliphatic heterocycles. The summed E-state index contributed by atoms with van der Waals surface area (Å²) in [5.74, 6) is -1.37. The second kappa shape index (κ2) is 5.72. The molecule has 2 rings (SSSR count). The zero-order chi connectivity index (χ0) is 15.6. The average Bonchev–Trinajstić information content (AvgIpc) is 2.40. The molecule has 0 spiro atoms. The number of benzene rings is 1. The number of hydrogen-bond donors (Lipinski definition) is 1. The highest BCUT2D eigenvalue weighted by atomic mass is 32.2. The minimum atomic E-state index is -4.63. The molecule has 3 nitrogen and oxygen atoms in total.